The van der Waals surface area contributed by atoms with Gasteiger partial charge in [-0.05, 0) is 251 Å². The van der Waals surface area contributed by atoms with Crippen molar-refractivity contribution in [3.8, 4) is 0 Å². The van der Waals surface area contributed by atoms with Crippen molar-refractivity contribution in [2.24, 2.45) is 0 Å². The van der Waals surface area contributed by atoms with Crippen LogP contribution in [0.3, 0.4) is 0 Å². The SMILES string of the molecule is C/C=C/C(=O)OC(C)C1=C(Br)/C(=C(\C)Br)OC1=O.C/C=C/C(=O)OC(C)C1=C/C(=C(\C)Br)OC1=O.CC(F)C1=CC(=C(Br)Br)OC1=O.CC/C=C/C=C/CC(=O)OC(CCC)C1=C(Br)/C(=C(\C)Br)OC1=O.CCCC(F)C1=CC(=C(Br)Br)OC1=O.CCCC(OC(=O)CC(C)=O)C1=C(Br)/C(=C(\C)Br)OC1=O.CCCC(OC(=O)CC(C)=O)C1=C/C(=C(\C)Br)OC1=O. The predicted octanol–water partition coefficient (Wildman–Crippen LogP) is 24.0. The minimum absolute atomic E-state index is 0.0430. The molecule has 0 bridgehead atoms. The number of ether oxygens (including phenoxy) is 12. The first-order valence-corrected chi connectivity index (χ1v) is 47.8. The molecule has 0 saturated heterocycles. The molecule has 7 aliphatic rings. The lowest BCUT2D eigenvalue weighted by Crippen LogP contribution is -2.24. The van der Waals surface area contributed by atoms with Crippen LogP contribution in [0.1, 0.15) is 195 Å². The zero-order chi connectivity index (χ0) is 96.4. The Labute approximate surface area is 831 Å². The average molecular weight is 2540 g/mol. The molecule has 7 atom stereocenters. The standard InChI is InChI=1S/C18H22Br2O4.C14H16Br2O5.C14H17BrO5.C12H12Br2O4.C12H13BrO4.C9H9Br2FO2.C7H5Br2FO2/c1-4-6-7-8-9-11-14(21)23-13(10-5-2)15-16(20)17(12(3)19)24-18(15)22;1-4-5-9(20-10(18)6-7(2)17)11-12(16)13(8(3)15)21-14(11)19;1-4-5-11(19-13(17)6-8(2)16)10-7-12(9(3)15)20-14(10)18;1-4-5-8(15)17-7(3)9-10(14)11(6(2)13)18-12(9)16;1-4-5-11(14)16-8(3)9-6-10(7(2)13)17-12(9)15;1-2-3-6(12)5-4-7(8(10)11)14-9(5)13;1-3(10)4-2-5(6(8)9)12-7(4)11/h6-9,13H,4-5,10-11H2,1-3H3;9H,4-6H2,1-3H3;7,11H,4-6H2,1-3H3;4-5,7H,1-3H3;4-6,8H,1-3H3;4,6H,2-3H2,1H3;2-3H,1H3/b7-6+,9-8+,17-12-;13-8-;12-9-;5-4+,11-6-;5-4+,10-7-;;. The normalized spacial score (nSPS) is 18.8. The zero-order valence-electron chi connectivity index (χ0n) is 71.4. The molecule has 40 heteroatoms. The van der Waals surface area contributed by atoms with E-state index >= 15 is 0 Å². The highest BCUT2D eigenvalue weighted by Crippen LogP contribution is 2.42. The Morgan fingerprint density at radius 1 is 0.381 bits per heavy atom. The molecule has 0 N–H and O–H groups in total. The number of alkyl halides is 2. The summed E-state index contributed by atoms with van der Waals surface area (Å²) >= 11 is 38.5. The van der Waals surface area contributed by atoms with Gasteiger partial charge in [0.2, 0.25) is 0 Å². The number of ketones is 2. The Morgan fingerprint density at radius 3 is 1.05 bits per heavy atom. The van der Waals surface area contributed by atoms with Crippen molar-refractivity contribution in [3.05, 3.63) is 195 Å². The maximum absolute atomic E-state index is 13.4. The molecule has 0 spiro atoms. The monoisotopic (exact) mass is 2530 g/mol. The molecule has 7 aliphatic heterocycles. The predicted molar refractivity (Wildman–Crippen MR) is 510 cm³/mol. The number of rotatable bonds is 30. The van der Waals surface area contributed by atoms with E-state index < -0.39 is 109 Å². The van der Waals surface area contributed by atoms with E-state index in [0.717, 1.165) is 19.3 Å². The van der Waals surface area contributed by atoms with Crippen LogP contribution < -0.4 is 0 Å². The topological polar surface area (TPSA) is 350 Å². The van der Waals surface area contributed by atoms with Gasteiger partial charge in [-0.25, -0.2) is 51.9 Å². The summed E-state index contributed by atoms with van der Waals surface area (Å²) in [4.78, 5) is 161. The van der Waals surface area contributed by atoms with Crippen LogP contribution >= 0.6 is 191 Å². The van der Waals surface area contributed by atoms with Crippen LogP contribution in [0.2, 0.25) is 0 Å². The quantitative estimate of drug-likeness (QED) is 0.0212. The molecule has 0 amide bonds. The van der Waals surface area contributed by atoms with Gasteiger partial charge in [0.1, 0.15) is 85.6 Å². The summed E-state index contributed by atoms with van der Waals surface area (Å²) in [6.07, 6.45) is 18.5. The second kappa shape index (κ2) is 60.8. The number of carbonyl (C=O) groups is 14. The first-order valence-electron chi connectivity index (χ1n) is 38.3. The third-order valence-corrected chi connectivity index (χ3v) is 21.7. The van der Waals surface area contributed by atoms with E-state index in [-0.39, 0.29) is 53.5 Å². The molecule has 0 aromatic heterocycles. The fraction of sp³-hybridized carbons (Fsp3) is 0.419. The lowest BCUT2D eigenvalue weighted by Gasteiger charge is -2.16. The smallest absolute Gasteiger partial charge is 0.344 e. The molecular weight excluding hydrogens is 2450 g/mol. The van der Waals surface area contributed by atoms with Crippen LogP contribution in [0.25, 0.3) is 0 Å². The second-order valence-electron chi connectivity index (χ2n) is 26.5. The van der Waals surface area contributed by atoms with Crippen molar-refractivity contribution in [1.29, 1.82) is 0 Å². The van der Waals surface area contributed by atoms with Gasteiger partial charge in [0, 0.05) is 34.6 Å². The highest BCUT2D eigenvalue weighted by atomic mass is 79.9. The summed E-state index contributed by atoms with van der Waals surface area (Å²) in [5.74, 6) is -4.28. The molecular formula is C86H94Br12F2O26. The van der Waals surface area contributed by atoms with Crippen molar-refractivity contribution in [3.63, 3.8) is 0 Å². The van der Waals surface area contributed by atoms with Crippen molar-refractivity contribution in [2.45, 2.75) is 238 Å². The molecule has 7 unspecified atom stereocenters. The van der Waals surface area contributed by atoms with Gasteiger partial charge in [-0.2, -0.15) is 0 Å². The maximum Gasteiger partial charge on any atom is 0.344 e. The first-order chi connectivity index (χ1) is 58.9. The first kappa shape index (κ1) is 118. The fourth-order valence-electron chi connectivity index (χ4n) is 10.1. The van der Waals surface area contributed by atoms with Crippen molar-refractivity contribution >= 4 is 274 Å². The number of esters is 12. The molecule has 0 saturated carbocycles. The third-order valence-electron chi connectivity index (χ3n) is 15.9. The molecule has 7 rings (SSSR count). The second-order valence-corrected chi connectivity index (χ2v) is 40.1. The molecule has 7 heterocycles. The fourth-order valence-corrected chi connectivity index (χ4v) is 15.4. The van der Waals surface area contributed by atoms with Crippen molar-refractivity contribution in [2.75, 3.05) is 0 Å². The Hall–Kier alpha value is -6.08. The van der Waals surface area contributed by atoms with E-state index in [2.05, 4.69) is 191 Å². The van der Waals surface area contributed by atoms with Gasteiger partial charge >= 0.3 is 71.6 Å². The highest BCUT2D eigenvalue weighted by molar-refractivity contribution is 9.28. The molecule has 692 valence electrons. The van der Waals surface area contributed by atoms with E-state index in [4.69, 9.17) is 56.8 Å². The summed E-state index contributed by atoms with van der Waals surface area (Å²) in [5, 5.41) is 0. The molecule has 0 aromatic rings. The number of Topliss-reactive ketones (excluding diaryl/α,β-unsaturated/α-hetero) is 2. The molecule has 0 aliphatic carbocycles. The summed E-state index contributed by atoms with van der Waals surface area (Å²) in [6.45, 7) is 29.1. The van der Waals surface area contributed by atoms with Gasteiger partial charge in [-0.15, -0.1) is 0 Å². The number of halogens is 14. The van der Waals surface area contributed by atoms with Crippen LogP contribution in [0.15, 0.2) is 195 Å². The number of allylic oxidation sites excluding steroid dienone is 17. The van der Waals surface area contributed by atoms with Crippen LogP contribution in [0.5, 0.6) is 0 Å². The van der Waals surface area contributed by atoms with E-state index in [1.807, 2.05) is 52.8 Å². The van der Waals surface area contributed by atoms with E-state index in [9.17, 15) is 75.9 Å². The average Bonchev–Trinajstić information content (AvgIpc) is 1.67. The Kier molecular flexibility index (Phi) is 56.9. The molecule has 126 heavy (non-hydrogen) atoms. The minimum atomic E-state index is -1.30. The molecule has 0 fully saturated rings. The number of hydrogen-bond donors (Lipinski definition) is 0. The lowest BCUT2D eigenvalue weighted by atomic mass is 10.1. The van der Waals surface area contributed by atoms with Gasteiger partial charge in [0.25, 0.3) is 0 Å². The number of cyclic esters (lactones) is 7. The summed E-state index contributed by atoms with van der Waals surface area (Å²) in [6, 6.07) is 0. The number of carbonyl (C=O) groups excluding carboxylic acids is 14. The Balaban J connectivity index is 0.000000741. The molecule has 0 radical (unpaired) electrons. The van der Waals surface area contributed by atoms with Crippen molar-refractivity contribution in [1.82, 2.24) is 0 Å². The summed E-state index contributed by atoms with van der Waals surface area (Å²) in [7, 11) is 0. The highest BCUT2D eigenvalue weighted by Gasteiger charge is 2.41. The Bertz CT molecular complexity index is 4720. The van der Waals surface area contributed by atoms with Gasteiger partial charge in [-0.3, -0.25) is 24.0 Å². The van der Waals surface area contributed by atoms with Crippen molar-refractivity contribution < 1.29 is 133 Å². The molecule has 26 nitrogen and oxygen atoms in total. The van der Waals surface area contributed by atoms with E-state index in [1.165, 1.54) is 45.1 Å². The largest absolute Gasteiger partial charge is 0.457 e. The Morgan fingerprint density at radius 2 is 0.706 bits per heavy atom. The van der Waals surface area contributed by atoms with Gasteiger partial charge in [0.05, 0.1) is 58.9 Å². The van der Waals surface area contributed by atoms with E-state index in [0.29, 0.717) is 144 Å². The van der Waals surface area contributed by atoms with Gasteiger partial charge in [0.15, 0.2) is 28.8 Å². The summed E-state index contributed by atoms with van der Waals surface area (Å²) < 4.78 is 93.2. The zero-order valence-corrected chi connectivity index (χ0v) is 90.4. The van der Waals surface area contributed by atoms with Crippen LogP contribution in [-0.2, 0) is 124 Å². The maximum atomic E-state index is 13.4. The lowest BCUT2D eigenvalue weighted by molar-refractivity contribution is -0.152. The van der Waals surface area contributed by atoms with Gasteiger partial charge in [-0.1, -0.05) is 176 Å². The number of hydrogen-bond acceptors (Lipinski definition) is 26. The van der Waals surface area contributed by atoms with Crippen LogP contribution in [0, 0.1) is 0 Å². The van der Waals surface area contributed by atoms with Crippen LogP contribution in [-0.4, -0.2) is 126 Å². The summed E-state index contributed by atoms with van der Waals surface area (Å²) in [5.41, 5.74) is 1.69. The third kappa shape index (κ3) is 40.7. The van der Waals surface area contributed by atoms with E-state index in [1.54, 1.807) is 92.7 Å². The van der Waals surface area contributed by atoms with Crippen LogP contribution in [0.4, 0.5) is 8.78 Å². The molecule has 0 aromatic carbocycles. The minimum Gasteiger partial charge on any atom is -0.457 e. The van der Waals surface area contributed by atoms with Gasteiger partial charge < -0.3 is 56.8 Å².